The highest BCUT2D eigenvalue weighted by atomic mass is 16.2. The van der Waals surface area contributed by atoms with Crippen molar-refractivity contribution in [2.75, 3.05) is 0 Å². The molecule has 0 saturated heterocycles. The first kappa shape index (κ1) is 11.4. The summed E-state index contributed by atoms with van der Waals surface area (Å²) in [6, 6.07) is 3.73. The SMILES string of the molecule is CCn1nc(C)cc1C(=O)NCc1cc[nH]c1. The van der Waals surface area contributed by atoms with Gasteiger partial charge in [-0.2, -0.15) is 5.10 Å². The summed E-state index contributed by atoms with van der Waals surface area (Å²) in [6.07, 6.45) is 3.70. The molecule has 2 aromatic heterocycles. The van der Waals surface area contributed by atoms with Gasteiger partial charge in [0.05, 0.1) is 5.69 Å². The zero-order valence-electron chi connectivity index (χ0n) is 10.0. The first-order chi connectivity index (χ1) is 8.20. The molecule has 0 bridgehead atoms. The number of H-pyrrole nitrogens is 1. The molecular formula is C12H16N4O. The van der Waals surface area contributed by atoms with Crippen molar-refractivity contribution >= 4 is 5.91 Å². The van der Waals surface area contributed by atoms with Crippen LogP contribution in [0.3, 0.4) is 0 Å². The van der Waals surface area contributed by atoms with Crippen LogP contribution < -0.4 is 5.32 Å². The Balaban J connectivity index is 2.04. The summed E-state index contributed by atoms with van der Waals surface area (Å²) < 4.78 is 1.71. The van der Waals surface area contributed by atoms with Crippen LogP contribution in [0.25, 0.3) is 0 Å². The number of hydrogen-bond acceptors (Lipinski definition) is 2. The van der Waals surface area contributed by atoms with Crippen LogP contribution in [0.4, 0.5) is 0 Å². The first-order valence-electron chi connectivity index (χ1n) is 5.65. The van der Waals surface area contributed by atoms with Gasteiger partial charge in [-0.25, -0.2) is 0 Å². The van der Waals surface area contributed by atoms with Gasteiger partial charge in [0.1, 0.15) is 5.69 Å². The average molecular weight is 232 g/mol. The number of carbonyl (C=O) groups excluding carboxylic acids is 1. The highest BCUT2D eigenvalue weighted by molar-refractivity contribution is 5.92. The van der Waals surface area contributed by atoms with E-state index in [2.05, 4.69) is 15.4 Å². The van der Waals surface area contributed by atoms with Crippen molar-refractivity contribution in [3.05, 3.63) is 41.5 Å². The van der Waals surface area contributed by atoms with Gasteiger partial charge in [-0.3, -0.25) is 9.48 Å². The van der Waals surface area contributed by atoms with Crippen LogP contribution >= 0.6 is 0 Å². The van der Waals surface area contributed by atoms with E-state index in [-0.39, 0.29) is 5.91 Å². The average Bonchev–Trinajstić information content (AvgIpc) is 2.94. The lowest BCUT2D eigenvalue weighted by atomic mass is 10.3. The van der Waals surface area contributed by atoms with Crippen molar-refractivity contribution in [2.24, 2.45) is 0 Å². The monoisotopic (exact) mass is 232 g/mol. The molecule has 0 aromatic carbocycles. The van der Waals surface area contributed by atoms with Gasteiger partial charge in [0.2, 0.25) is 0 Å². The third-order valence-electron chi connectivity index (χ3n) is 2.55. The summed E-state index contributed by atoms with van der Waals surface area (Å²) >= 11 is 0. The molecule has 5 nitrogen and oxygen atoms in total. The number of aromatic amines is 1. The molecule has 2 N–H and O–H groups in total. The van der Waals surface area contributed by atoms with E-state index < -0.39 is 0 Å². The van der Waals surface area contributed by atoms with E-state index in [1.54, 1.807) is 10.7 Å². The van der Waals surface area contributed by atoms with Crippen molar-refractivity contribution in [3.63, 3.8) is 0 Å². The Bertz CT molecular complexity index is 499. The van der Waals surface area contributed by atoms with Crippen molar-refractivity contribution in [2.45, 2.75) is 26.9 Å². The third-order valence-corrected chi connectivity index (χ3v) is 2.55. The number of rotatable bonds is 4. The molecule has 2 aromatic rings. The van der Waals surface area contributed by atoms with Crippen molar-refractivity contribution in [1.82, 2.24) is 20.1 Å². The van der Waals surface area contributed by atoms with Crippen molar-refractivity contribution in [3.8, 4) is 0 Å². The fourth-order valence-electron chi connectivity index (χ4n) is 1.71. The molecule has 0 radical (unpaired) electrons. The largest absolute Gasteiger partial charge is 0.367 e. The minimum Gasteiger partial charge on any atom is -0.367 e. The lowest BCUT2D eigenvalue weighted by Gasteiger charge is -2.05. The van der Waals surface area contributed by atoms with Crippen LogP contribution in [0.15, 0.2) is 24.5 Å². The van der Waals surface area contributed by atoms with Crippen molar-refractivity contribution < 1.29 is 4.79 Å². The Morgan fingerprint density at radius 1 is 1.59 bits per heavy atom. The fourth-order valence-corrected chi connectivity index (χ4v) is 1.71. The molecule has 0 spiro atoms. The number of aryl methyl sites for hydroxylation is 2. The van der Waals surface area contributed by atoms with Crippen LogP contribution in [0.5, 0.6) is 0 Å². The molecular weight excluding hydrogens is 216 g/mol. The Kier molecular flexibility index (Phi) is 3.27. The molecule has 0 atom stereocenters. The van der Waals surface area contributed by atoms with E-state index in [4.69, 9.17) is 0 Å². The highest BCUT2D eigenvalue weighted by Gasteiger charge is 2.12. The predicted octanol–water partition coefficient (Wildman–Crippen LogP) is 1.47. The molecule has 0 fully saturated rings. The van der Waals surface area contributed by atoms with Crippen molar-refractivity contribution in [1.29, 1.82) is 0 Å². The fraction of sp³-hybridized carbons (Fsp3) is 0.333. The van der Waals surface area contributed by atoms with Gasteiger partial charge in [0.25, 0.3) is 5.91 Å². The van der Waals surface area contributed by atoms with Gasteiger partial charge < -0.3 is 10.3 Å². The van der Waals surface area contributed by atoms with Crippen LogP contribution in [0.2, 0.25) is 0 Å². The van der Waals surface area contributed by atoms with Crippen LogP contribution in [0, 0.1) is 6.92 Å². The second-order valence-corrected chi connectivity index (χ2v) is 3.89. The van der Waals surface area contributed by atoms with Gasteiger partial charge in [-0.05, 0) is 31.5 Å². The summed E-state index contributed by atoms with van der Waals surface area (Å²) in [6.45, 7) is 5.07. The molecule has 0 saturated carbocycles. The van der Waals surface area contributed by atoms with Crippen LogP contribution in [-0.4, -0.2) is 20.7 Å². The first-order valence-corrected chi connectivity index (χ1v) is 5.65. The van der Waals surface area contributed by atoms with Crippen LogP contribution in [-0.2, 0) is 13.1 Å². The Hall–Kier alpha value is -2.04. The smallest absolute Gasteiger partial charge is 0.269 e. The van der Waals surface area contributed by atoms with Gasteiger partial charge in [0.15, 0.2) is 0 Å². The minimum atomic E-state index is -0.0892. The van der Waals surface area contributed by atoms with E-state index in [1.165, 1.54) is 0 Å². The molecule has 17 heavy (non-hydrogen) atoms. The molecule has 0 unspecified atom stereocenters. The molecule has 2 rings (SSSR count). The van der Waals surface area contributed by atoms with Gasteiger partial charge in [0, 0.05) is 25.5 Å². The second kappa shape index (κ2) is 4.86. The van der Waals surface area contributed by atoms with E-state index in [1.807, 2.05) is 32.3 Å². The van der Waals surface area contributed by atoms with E-state index in [9.17, 15) is 4.79 Å². The highest BCUT2D eigenvalue weighted by Crippen LogP contribution is 2.04. The third kappa shape index (κ3) is 2.55. The van der Waals surface area contributed by atoms with Crippen LogP contribution in [0.1, 0.15) is 28.7 Å². The Morgan fingerprint density at radius 3 is 3.06 bits per heavy atom. The molecule has 2 heterocycles. The van der Waals surface area contributed by atoms with Gasteiger partial charge >= 0.3 is 0 Å². The van der Waals surface area contributed by atoms with Gasteiger partial charge in [-0.1, -0.05) is 0 Å². The number of carbonyl (C=O) groups is 1. The maximum Gasteiger partial charge on any atom is 0.269 e. The second-order valence-electron chi connectivity index (χ2n) is 3.89. The number of hydrogen-bond donors (Lipinski definition) is 2. The maximum atomic E-state index is 12.0. The number of aromatic nitrogens is 3. The Labute approximate surface area is 99.8 Å². The minimum absolute atomic E-state index is 0.0892. The number of nitrogens with one attached hydrogen (secondary N) is 2. The van der Waals surface area contributed by atoms with E-state index in [0.717, 1.165) is 11.3 Å². The molecule has 1 amide bonds. The lowest BCUT2D eigenvalue weighted by Crippen LogP contribution is -2.25. The number of amides is 1. The zero-order valence-corrected chi connectivity index (χ0v) is 10.0. The standard InChI is InChI=1S/C12H16N4O/c1-3-16-11(6-9(2)15-16)12(17)14-8-10-4-5-13-7-10/h4-7,13H,3,8H2,1-2H3,(H,14,17). The summed E-state index contributed by atoms with van der Waals surface area (Å²) in [7, 11) is 0. The summed E-state index contributed by atoms with van der Waals surface area (Å²) in [4.78, 5) is 14.9. The quantitative estimate of drug-likeness (QED) is 0.838. The van der Waals surface area contributed by atoms with E-state index in [0.29, 0.717) is 18.8 Å². The molecule has 0 aliphatic carbocycles. The summed E-state index contributed by atoms with van der Waals surface area (Å²) in [5, 5.41) is 7.11. The summed E-state index contributed by atoms with van der Waals surface area (Å²) in [5.41, 5.74) is 2.52. The molecule has 0 aliphatic heterocycles. The lowest BCUT2D eigenvalue weighted by molar-refractivity contribution is 0.0940. The normalized spacial score (nSPS) is 10.5. The molecule has 0 aliphatic rings. The Morgan fingerprint density at radius 2 is 2.41 bits per heavy atom. The predicted molar refractivity (Wildman–Crippen MR) is 64.6 cm³/mol. The molecule has 5 heteroatoms. The zero-order chi connectivity index (χ0) is 12.3. The number of nitrogens with zero attached hydrogens (tertiary/aromatic N) is 2. The summed E-state index contributed by atoms with van der Waals surface area (Å²) in [5.74, 6) is -0.0892. The van der Waals surface area contributed by atoms with E-state index >= 15 is 0 Å². The molecule has 90 valence electrons. The van der Waals surface area contributed by atoms with Gasteiger partial charge in [-0.15, -0.1) is 0 Å². The topological polar surface area (TPSA) is 62.7 Å². The maximum absolute atomic E-state index is 12.0.